The summed E-state index contributed by atoms with van der Waals surface area (Å²) in [5, 5.41) is 4.39. The van der Waals surface area contributed by atoms with Crippen LogP contribution in [0.3, 0.4) is 0 Å². The zero-order valence-corrected chi connectivity index (χ0v) is 28.1. The molecule has 7 nitrogen and oxygen atoms in total. The maximum Gasteiger partial charge on any atom is 0.261 e. The number of hydrogen-bond donors (Lipinski definition) is 1. The van der Waals surface area contributed by atoms with Crippen molar-refractivity contribution < 1.29 is 0 Å². The van der Waals surface area contributed by atoms with Crippen molar-refractivity contribution in [3.63, 3.8) is 0 Å². The van der Waals surface area contributed by atoms with Crippen molar-refractivity contribution in [3.05, 3.63) is 75.8 Å². The molecule has 3 aromatic rings. The molecular weight excluding hydrogens is 532 g/mol. The molecular formula is C36H56N6O. The minimum atomic E-state index is 0.0748. The van der Waals surface area contributed by atoms with Crippen LogP contribution in [0.25, 0.3) is 10.9 Å². The second-order valence-electron chi connectivity index (χ2n) is 12.7. The van der Waals surface area contributed by atoms with Crippen LogP contribution in [0.1, 0.15) is 90.2 Å². The number of rotatable bonds is 9. The Hall–Kier alpha value is -2.58. The van der Waals surface area contributed by atoms with Crippen molar-refractivity contribution in [3.8, 4) is 0 Å². The van der Waals surface area contributed by atoms with Gasteiger partial charge in [0, 0.05) is 56.9 Å². The standard InChI is InChI=1S/C34H50N6O.C2H6/c1-7-12-31(39-22-25(3)35-26(4)23-39)32-36-30-16-15-27(21-29(30)33(41)40(32)8-2)24-38-19-17-34(18-20-38,37(5)6)28-13-10-9-11-14-28;1-2/h9-11,13-16,21,25-26,31,35H,7-8,12,17-20,22-24H2,1-6H3;1-2H3. The SMILES string of the molecule is CC.CCCC(c1nc2ccc(CN3CCC(c4ccccc4)(N(C)C)CC3)cc2c(=O)n1CC)N1CC(C)NC(C)C1. The molecule has 43 heavy (non-hydrogen) atoms. The third kappa shape index (κ3) is 7.22. The molecule has 0 aliphatic carbocycles. The maximum absolute atomic E-state index is 13.9. The van der Waals surface area contributed by atoms with Crippen LogP contribution in [0.4, 0.5) is 0 Å². The molecule has 2 aromatic carbocycles. The van der Waals surface area contributed by atoms with Crippen LogP contribution in [0.15, 0.2) is 53.3 Å². The number of piperazine rings is 1. The number of likely N-dealkylation sites (tertiary alicyclic amines) is 1. The summed E-state index contributed by atoms with van der Waals surface area (Å²) in [6.45, 7) is 18.3. The highest BCUT2D eigenvalue weighted by molar-refractivity contribution is 5.78. The molecule has 0 bridgehead atoms. The summed E-state index contributed by atoms with van der Waals surface area (Å²) in [5.41, 5.74) is 3.60. The van der Waals surface area contributed by atoms with Gasteiger partial charge in [0.15, 0.2) is 0 Å². The molecule has 3 unspecified atom stereocenters. The van der Waals surface area contributed by atoms with Gasteiger partial charge >= 0.3 is 0 Å². The van der Waals surface area contributed by atoms with Crippen molar-refractivity contribution in [2.75, 3.05) is 40.3 Å². The Morgan fingerprint density at radius 1 is 1.00 bits per heavy atom. The molecule has 0 spiro atoms. The Kier molecular flexibility index (Phi) is 11.6. The monoisotopic (exact) mass is 588 g/mol. The highest BCUT2D eigenvalue weighted by atomic mass is 16.1. The summed E-state index contributed by atoms with van der Waals surface area (Å²) in [6.07, 6.45) is 4.24. The van der Waals surface area contributed by atoms with Gasteiger partial charge in [0.05, 0.1) is 16.9 Å². The van der Waals surface area contributed by atoms with E-state index in [4.69, 9.17) is 4.98 Å². The van der Waals surface area contributed by atoms with E-state index in [0.29, 0.717) is 18.6 Å². The average Bonchev–Trinajstić information content (AvgIpc) is 3.01. The lowest BCUT2D eigenvalue weighted by molar-refractivity contribution is 0.0507. The molecule has 2 aliphatic heterocycles. The van der Waals surface area contributed by atoms with E-state index in [2.05, 4.69) is 110 Å². The van der Waals surface area contributed by atoms with Crippen molar-refractivity contribution >= 4 is 10.9 Å². The predicted octanol–water partition coefficient (Wildman–Crippen LogP) is 6.02. The molecule has 2 saturated heterocycles. The van der Waals surface area contributed by atoms with E-state index < -0.39 is 0 Å². The van der Waals surface area contributed by atoms with Crippen LogP contribution in [-0.4, -0.2) is 76.6 Å². The van der Waals surface area contributed by atoms with E-state index >= 15 is 0 Å². The van der Waals surface area contributed by atoms with Crippen LogP contribution in [0.5, 0.6) is 0 Å². The fourth-order valence-electron chi connectivity index (χ4n) is 7.40. The van der Waals surface area contributed by atoms with Gasteiger partial charge in [-0.3, -0.25) is 24.1 Å². The topological polar surface area (TPSA) is 56.6 Å². The predicted molar refractivity (Wildman–Crippen MR) is 181 cm³/mol. The first-order valence-electron chi connectivity index (χ1n) is 16.7. The van der Waals surface area contributed by atoms with E-state index in [1.807, 2.05) is 18.4 Å². The molecule has 0 amide bonds. The quantitative estimate of drug-likeness (QED) is 0.330. The van der Waals surface area contributed by atoms with Crippen molar-refractivity contribution in [1.29, 1.82) is 0 Å². The lowest BCUT2D eigenvalue weighted by Gasteiger charge is -2.46. The largest absolute Gasteiger partial charge is 0.309 e. The van der Waals surface area contributed by atoms with Gasteiger partial charge in [-0.2, -0.15) is 0 Å². The highest BCUT2D eigenvalue weighted by Crippen LogP contribution is 2.37. The van der Waals surface area contributed by atoms with Crippen molar-refractivity contribution in [2.45, 2.75) is 104 Å². The number of aromatic nitrogens is 2. The normalized spacial score (nSPS) is 21.9. The van der Waals surface area contributed by atoms with Crippen LogP contribution in [0.2, 0.25) is 0 Å². The smallest absolute Gasteiger partial charge is 0.261 e. The number of nitrogens with one attached hydrogen (secondary N) is 1. The summed E-state index contributed by atoms with van der Waals surface area (Å²) in [4.78, 5) is 26.6. The van der Waals surface area contributed by atoms with Gasteiger partial charge in [0.1, 0.15) is 5.82 Å². The van der Waals surface area contributed by atoms with Gasteiger partial charge in [-0.1, -0.05) is 63.6 Å². The fourth-order valence-corrected chi connectivity index (χ4v) is 7.40. The van der Waals surface area contributed by atoms with Gasteiger partial charge in [-0.05, 0) is 77.4 Å². The maximum atomic E-state index is 13.9. The minimum absolute atomic E-state index is 0.0748. The molecule has 5 rings (SSSR count). The first kappa shape index (κ1) is 33.3. The zero-order chi connectivity index (χ0) is 31.1. The van der Waals surface area contributed by atoms with E-state index in [1.165, 1.54) is 11.1 Å². The first-order valence-corrected chi connectivity index (χ1v) is 16.7. The first-order chi connectivity index (χ1) is 20.8. The van der Waals surface area contributed by atoms with E-state index in [1.54, 1.807) is 0 Å². The highest BCUT2D eigenvalue weighted by Gasteiger charge is 2.38. The Bertz CT molecular complexity index is 1350. The van der Waals surface area contributed by atoms with Gasteiger partial charge < -0.3 is 5.32 Å². The average molecular weight is 589 g/mol. The van der Waals surface area contributed by atoms with E-state index in [9.17, 15) is 4.79 Å². The van der Waals surface area contributed by atoms with Crippen LogP contribution < -0.4 is 10.9 Å². The number of hydrogen-bond acceptors (Lipinski definition) is 6. The molecule has 0 radical (unpaired) electrons. The molecule has 236 valence electrons. The minimum Gasteiger partial charge on any atom is -0.309 e. The van der Waals surface area contributed by atoms with Crippen LogP contribution in [0, 0.1) is 0 Å². The molecule has 1 aromatic heterocycles. The summed E-state index contributed by atoms with van der Waals surface area (Å²) in [6, 6.07) is 18.3. The van der Waals surface area contributed by atoms with E-state index in [0.717, 1.165) is 75.1 Å². The summed E-state index contributed by atoms with van der Waals surface area (Å²) in [5.74, 6) is 0.929. The summed E-state index contributed by atoms with van der Waals surface area (Å²) in [7, 11) is 4.42. The fraction of sp³-hybridized carbons (Fsp3) is 0.611. The van der Waals surface area contributed by atoms with Gasteiger partial charge in [-0.25, -0.2) is 4.98 Å². The number of nitrogens with zero attached hydrogens (tertiary/aromatic N) is 5. The van der Waals surface area contributed by atoms with Crippen molar-refractivity contribution in [1.82, 2.24) is 29.6 Å². The molecule has 3 atom stereocenters. The van der Waals surface area contributed by atoms with E-state index in [-0.39, 0.29) is 17.1 Å². The molecule has 1 N–H and O–H groups in total. The van der Waals surface area contributed by atoms with Crippen molar-refractivity contribution in [2.24, 2.45) is 0 Å². The Labute approximate surface area is 260 Å². The molecule has 2 fully saturated rings. The molecule has 2 aliphatic rings. The number of piperidine rings is 1. The second-order valence-corrected chi connectivity index (χ2v) is 12.7. The van der Waals surface area contributed by atoms with Crippen LogP contribution in [-0.2, 0) is 18.6 Å². The Balaban J connectivity index is 0.00000207. The third-order valence-corrected chi connectivity index (χ3v) is 9.51. The summed E-state index contributed by atoms with van der Waals surface area (Å²) < 4.78 is 1.94. The number of fused-ring (bicyclic) bond motifs is 1. The van der Waals surface area contributed by atoms with Gasteiger partial charge in [0.2, 0.25) is 0 Å². The summed E-state index contributed by atoms with van der Waals surface area (Å²) >= 11 is 0. The molecule has 0 saturated carbocycles. The Morgan fingerprint density at radius 3 is 2.23 bits per heavy atom. The van der Waals surface area contributed by atoms with Gasteiger partial charge in [0.25, 0.3) is 5.56 Å². The van der Waals surface area contributed by atoms with Gasteiger partial charge in [-0.15, -0.1) is 0 Å². The van der Waals surface area contributed by atoms with Crippen LogP contribution >= 0.6 is 0 Å². The molecule has 3 heterocycles. The third-order valence-electron chi connectivity index (χ3n) is 9.51. The zero-order valence-electron chi connectivity index (χ0n) is 28.1. The lowest BCUT2D eigenvalue weighted by Crippen LogP contribution is -2.55. The molecule has 7 heteroatoms. The second kappa shape index (κ2) is 14.9. The number of benzene rings is 2. The lowest BCUT2D eigenvalue weighted by atomic mass is 9.79. The Morgan fingerprint density at radius 2 is 1.65 bits per heavy atom.